The fraction of sp³-hybridized carbons (Fsp3) is 0.773. The Labute approximate surface area is 198 Å². The number of nitrogens with zero attached hydrogens (tertiary/aromatic N) is 2. The molecule has 3 aliphatic rings. The summed E-state index contributed by atoms with van der Waals surface area (Å²) in [5.41, 5.74) is 0. The first kappa shape index (κ1) is 25.3. The summed E-state index contributed by atoms with van der Waals surface area (Å²) in [5, 5.41) is 6.98. The summed E-state index contributed by atoms with van der Waals surface area (Å²) in [6.07, 6.45) is 5.64. The molecular formula is C22H34N4O6S. The number of likely N-dealkylation sites (N-methyl/N-ethyl adjacent to an activating group) is 1. The van der Waals surface area contributed by atoms with Gasteiger partial charge >= 0.3 is 12.0 Å². The van der Waals surface area contributed by atoms with E-state index in [0.717, 1.165) is 44.4 Å². The number of hydrogen-bond donors (Lipinski definition) is 2. The Morgan fingerprint density at radius 3 is 2.52 bits per heavy atom. The van der Waals surface area contributed by atoms with E-state index in [-0.39, 0.29) is 43.3 Å². The number of nitrogens with one attached hydrogen (secondary N) is 2. The molecule has 0 unspecified atom stereocenters. The average molecular weight is 483 g/mol. The summed E-state index contributed by atoms with van der Waals surface area (Å²) in [7, 11) is 0. The van der Waals surface area contributed by atoms with Crippen LogP contribution in [0.25, 0.3) is 0 Å². The first-order valence-electron chi connectivity index (χ1n) is 11.9. The van der Waals surface area contributed by atoms with E-state index in [1.165, 1.54) is 0 Å². The number of unbranched alkanes of at least 4 members (excludes halogenated alkanes) is 3. The van der Waals surface area contributed by atoms with Crippen LogP contribution in [0.4, 0.5) is 4.79 Å². The number of urea groups is 1. The Morgan fingerprint density at radius 1 is 1.06 bits per heavy atom. The molecule has 0 aromatic rings. The van der Waals surface area contributed by atoms with E-state index in [1.807, 2.05) is 23.6 Å². The van der Waals surface area contributed by atoms with Crippen LogP contribution in [0.3, 0.4) is 0 Å². The first-order chi connectivity index (χ1) is 15.9. The van der Waals surface area contributed by atoms with Gasteiger partial charge in [0.2, 0.25) is 5.91 Å². The van der Waals surface area contributed by atoms with Gasteiger partial charge in [0.25, 0.3) is 11.8 Å². The van der Waals surface area contributed by atoms with Crippen molar-refractivity contribution in [2.45, 2.75) is 88.5 Å². The van der Waals surface area contributed by atoms with Crippen LogP contribution >= 0.6 is 11.8 Å². The number of carbonyl (C=O) groups excluding carboxylic acids is 5. The van der Waals surface area contributed by atoms with Gasteiger partial charge in [-0.2, -0.15) is 11.8 Å². The monoisotopic (exact) mass is 482 g/mol. The van der Waals surface area contributed by atoms with E-state index in [1.54, 1.807) is 0 Å². The summed E-state index contributed by atoms with van der Waals surface area (Å²) < 4.78 is 0. The van der Waals surface area contributed by atoms with Crippen LogP contribution in [0.1, 0.15) is 71.1 Å². The third kappa shape index (κ3) is 6.84. The molecule has 3 aliphatic heterocycles. The van der Waals surface area contributed by atoms with Crippen LogP contribution in [0.15, 0.2) is 0 Å². The van der Waals surface area contributed by atoms with Gasteiger partial charge in [-0.3, -0.25) is 14.4 Å². The van der Waals surface area contributed by atoms with Gasteiger partial charge in [-0.25, -0.2) is 9.59 Å². The molecule has 3 rings (SSSR count). The Morgan fingerprint density at radius 2 is 1.79 bits per heavy atom. The summed E-state index contributed by atoms with van der Waals surface area (Å²) in [6, 6.07) is 0.573. The molecule has 3 heterocycles. The third-order valence-corrected chi connectivity index (χ3v) is 7.77. The smallest absolute Gasteiger partial charge is 0.333 e. The van der Waals surface area contributed by atoms with Crippen molar-refractivity contribution in [2.24, 2.45) is 0 Å². The first-order valence-corrected chi connectivity index (χ1v) is 13.0. The molecule has 0 aliphatic carbocycles. The molecule has 0 aromatic carbocycles. The number of fused-ring (bicyclic) bond motifs is 1. The molecule has 11 heteroatoms. The molecule has 3 saturated heterocycles. The van der Waals surface area contributed by atoms with E-state index in [4.69, 9.17) is 4.84 Å². The summed E-state index contributed by atoms with van der Waals surface area (Å²) in [4.78, 5) is 65.3. The molecule has 3 fully saturated rings. The largest absolute Gasteiger partial charge is 0.356 e. The Hall–Kier alpha value is -2.30. The second-order valence-corrected chi connectivity index (χ2v) is 9.93. The topological polar surface area (TPSA) is 125 Å². The predicted octanol–water partition coefficient (Wildman–Crippen LogP) is 1.73. The number of amides is 5. The van der Waals surface area contributed by atoms with E-state index in [0.29, 0.717) is 29.7 Å². The van der Waals surface area contributed by atoms with Crippen molar-refractivity contribution in [1.29, 1.82) is 0 Å². The zero-order valence-electron chi connectivity index (χ0n) is 19.2. The second kappa shape index (κ2) is 12.2. The van der Waals surface area contributed by atoms with Gasteiger partial charge in [-0.15, -0.1) is 5.06 Å². The summed E-state index contributed by atoms with van der Waals surface area (Å²) in [5.74, 6) is -0.546. The summed E-state index contributed by atoms with van der Waals surface area (Å²) in [6.45, 7) is 3.29. The van der Waals surface area contributed by atoms with Crippen LogP contribution in [0.5, 0.6) is 0 Å². The molecule has 0 bridgehead atoms. The number of rotatable bonds is 13. The Kier molecular flexibility index (Phi) is 9.40. The van der Waals surface area contributed by atoms with Crippen molar-refractivity contribution in [1.82, 2.24) is 20.6 Å². The number of hydroxylamine groups is 2. The van der Waals surface area contributed by atoms with Crippen molar-refractivity contribution in [3.05, 3.63) is 0 Å². The lowest BCUT2D eigenvalue weighted by molar-refractivity contribution is -0.197. The molecule has 5 amide bonds. The highest BCUT2D eigenvalue weighted by Crippen LogP contribution is 2.37. The van der Waals surface area contributed by atoms with Gasteiger partial charge in [0.1, 0.15) is 0 Å². The maximum absolute atomic E-state index is 12.0. The lowest BCUT2D eigenvalue weighted by Gasteiger charge is -2.26. The zero-order valence-corrected chi connectivity index (χ0v) is 20.0. The average Bonchev–Trinajstić information content (AvgIpc) is 3.42. The molecule has 184 valence electrons. The van der Waals surface area contributed by atoms with E-state index in [2.05, 4.69) is 10.6 Å². The highest BCUT2D eigenvalue weighted by molar-refractivity contribution is 8.00. The fourth-order valence-corrected chi connectivity index (χ4v) is 6.14. The van der Waals surface area contributed by atoms with Crippen LogP contribution in [-0.4, -0.2) is 75.9 Å². The van der Waals surface area contributed by atoms with Gasteiger partial charge in [-0.05, 0) is 32.6 Å². The maximum atomic E-state index is 12.0. The van der Waals surface area contributed by atoms with Gasteiger partial charge < -0.3 is 20.4 Å². The SMILES string of the molecule is CCN1C(=O)N[C@H]2CS[C@@H](CCCCC(=O)NCCCCCC(=O)ON3C(=O)CCC3=O)[C@H]21. The minimum absolute atomic E-state index is 0.0327. The molecule has 0 saturated carbocycles. The number of imide groups is 1. The van der Waals surface area contributed by atoms with Gasteiger partial charge in [0.05, 0.1) is 12.1 Å². The summed E-state index contributed by atoms with van der Waals surface area (Å²) >= 11 is 1.92. The van der Waals surface area contributed by atoms with Crippen molar-refractivity contribution < 1.29 is 28.8 Å². The molecule has 0 aromatic heterocycles. The highest BCUT2D eigenvalue weighted by atomic mass is 32.2. The van der Waals surface area contributed by atoms with Crippen LogP contribution in [0, 0.1) is 0 Å². The number of thioether (sulfide) groups is 1. The third-order valence-electron chi connectivity index (χ3n) is 6.27. The Bertz CT molecular complexity index is 747. The van der Waals surface area contributed by atoms with Gasteiger partial charge in [0.15, 0.2) is 0 Å². The van der Waals surface area contributed by atoms with Crippen molar-refractivity contribution in [2.75, 3.05) is 18.8 Å². The lowest BCUT2D eigenvalue weighted by Crippen LogP contribution is -2.40. The van der Waals surface area contributed by atoms with E-state index in [9.17, 15) is 24.0 Å². The molecule has 0 radical (unpaired) electrons. The number of carbonyl (C=O) groups is 5. The molecular weight excluding hydrogens is 448 g/mol. The predicted molar refractivity (Wildman–Crippen MR) is 122 cm³/mol. The second-order valence-electron chi connectivity index (χ2n) is 8.66. The molecule has 0 spiro atoms. The number of hydrogen-bond acceptors (Lipinski definition) is 7. The van der Waals surface area contributed by atoms with Crippen molar-refractivity contribution in [3.63, 3.8) is 0 Å². The van der Waals surface area contributed by atoms with Crippen LogP contribution in [0.2, 0.25) is 0 Å². The van der Waals surface area contributed by atoms with E-state index >= 15 is 0 Å². The molecule has 2 N–H and O–H groups in total. The minimum Gasteiger partial charge on any atom is -0.356 e. The highest BCUT2D eigenvalue weighted by Gasteiger charge is 2.47. The fourth-order valence-electron chi connectivity index (χ4n) is 4.54. The van der Waals surface area contributed by atoms with Crippen molar-refractivity contribution >= 4 is 41.5 Å². The normalized spacial score (nSPS) is 24.3. The van der Waals surface area contributed by atoms with Crippen LogP contribution < -0.4 is 10.6 Å². The van der Waals surface area contributed by atoms with Crippen molar-refractivity contribution in [3.8, 4) is 0 Å². The van der Waals surface area contributed by atoms with Crippen LogP contribution in [-0.2, 0) is 24.0 Å². The molecule has 10 nitrogen and oxygen atoms in total. The quantitative estimate of drug-likeness (QED) is 0.233. The maximum Gasteiger partial charge on any atom is 0.333 e. The van der Waals surface area contributed by atoms with Gasteiger partial charge in [0, 0.05) is 49.8 Å². The molecule has 33 heavy (non-hydrogen) atoms. The zero-order chi connectivity index (χ0) is 23.8. The minimum atomic E-state index is -0.589. The van der Waals surface area contributed by atoms with Gasteiger partial charge in [-0.1, -0.05) is 12.8 Å². The standard InChI is InChI=1S/C22H34N4O6S/c1-2-25-21-15(24-22(25)31)14-33-16(21)8-5-6-9-17(27)23-13-7-3-4-10-20(30)32-26-18(28)11-12-19(26)29/h15-16,21H,2-14H2,1H3,(H,23,27)(H,24,31)/t15-,16-,21-/m0/s1. The lowest BCUT2D eigenvalue weighted by atomic mass is 10.0. The van der Waals surface area contributed by atoms with E-state index < -0.39 is 17.8 Å². The molecule has 3 atom stereocenters. The Balaban J connectivity index is 1.18.